The molecule has 15 heavy (non-hydrogen) atoms. The molecular formula is C11H16O4. The predicted octanol–water partition coefficient (Wildman–Crippen LogP) is -0.126. The molecule has 1 rings (SSSR count). The number of benzene rings is 1. The SMILES string of the molecule is Cc1cc(CO)ccc1C(O)C(O)CO. The van der Waals surface area contributed by atoms with Crippen LogP contribution in [0.25, 0.3) is 0 Å². The molecule has 1 aromatic rings. The minimum Gasteiger partial charge on any atom is -0.394 e. The van der Waals surface area contributed by atoms with Crippen LogP contribution in [-0.2, 0) is 6.61 Å². The molecule has 4 N–H and O–H groups in total. The van der Waals surface area contributed by atoms with Gasteiger partial charge in [0.05, 0.1) is 13.2 Å². The molecule has 2 atom stereocenters. The molecule has 84 valence electrons. The van der Waals surface area contributed by atoms with E-state index in [1.807, 2.05) is 0 Å². The van der Waals surface area contributed by atoms with Crippen LogP contribution in [-0.4, -0.2) is 33.1 Å². The van der Waals surface area contributed by atoms with Crippen LogP contribution in [0.1, 0.15) is 22.8 Å². The first kappa shape index (κ1) is 12.1. The van der Waals surface area contributed by atoms with Crippen molar-refractivity contribution in [3.8, 4) is 0 Å². The second-order valence-electron chi connectivity index (χ2n) is 3.54. The molecule has 1 aromatic carbocycles. The van der Waals surface area contributed by atoms with E-state index in [1.165, 1.54) is 0 Å². The van der Waals surface area contributed by atoms with E-state index in [1.54, 1.807) is 25.1 Å². The van der Waals surface area contributed by atoms with E-state index in [0.29, 0.717) is 5.56 Å². The zero-order valence-corrected chi connectivity index (χ0v) is 8.59. The lowest BCUT2D eigenvalue weighted by molar-refractivity contribution is -0.0155. The summed E-state index contributed by atoms with van der Waals surface area (Å²) in [4.78, 5) is 0. The number of aliphatic hydroxyl groups excluding tert-OH is 4. The van der Waals surface area contributed by atoms with Gasteiger partial charge in [0.25, 0.3) is 0 Å². The van der Waals surface area contributed by atoms with Crippen LogP contribution in [0.3, 0.4) is 0 Å². The van der Waals surface area contributed by atoms with Crippen molar-refractivity contribution in [3.05, 3.63) is 34.9 Å². The van der Waals surface area contributed by atoms with E-state index < -0.39 is 18.8 Å². The quantitative estimate of drug-likeness (QED) is 0.560. The van der Waals surface area contributed by atoms with Gasteiger partial charge in [-0.05, 0) is 23.6 Å². The van der Waals surface area contributed by atoms with Crippen molar-refractivity contribution in [1.82, 2.24) is 0 Å². The second-order valence-corrected chi connectivity index (χ2v) is 3.54. The van der Waals surface area contributed by atoms with Gasteiger partial charge < -0.3 is 20.4 Å². The molecule has 0 aliphatic rings. The number of aryl methyl sites for hydroxylation is 1. The van der Waals surface area contributed by atoms with Crippen LogP contribution < -0.4 is 0 Å². The molecule has 2 unspecified atom stereocenters. The van der Waals surface area contributed by atoms with Crippen LogP contribution in [0.2, 0.25) is 0 Å². The summed E-state index contributed by atoms with van der Waals surface area (Å²) in [5.74, 6) is 0. The molecule has 4 heteroatoms. The van der Waals surface area contributed by atoms with Gasteiger partial charge >= 0.3 is 0 Å². The van der Waals surface area contributed by atoms with Gasteiger partial charge in [-0.15, -0.1) is 0 Å². The Morgan fingerprint density at radius 2 is 1.87 bits per heavy atom. The van der Waals surface area contributed by atoms with Crippen molar-refractivity contribution in [2.75, 3.05) is 6.61 Å². The lowest BCUT2D eigenvalue weighted by Gasteiger charge is -2.18. The summed E-state index contributed by atoms with van der Waals surface area (Å²) in [6, 6.07) is 5.06. The Balaban J connectivity index is 2.95. The second kappa shape index (κ2) is 5.23. The van der Waals surface area contributed by atoms with Crippen LogP contribution >= 0.6 is 0 Å². The average Bonchev–Trinajstić information content (AvgIpc) is 2.26. The molecule has 0 aromatic heterocycles. The monoisotopic (exact) mass is 212 g/mol. The summed E-state index contributed by atoms with van der Waals surface area (Å²) < 4.78 is 0. The van der Waals surface area contributed by atoms with Crippen molar-refractivity contribution < 1.29 is 20.4 Å². The lowest BCUT2D eigenvalue weighted by Crippen LogP contribution is -2.22. The van der Waals surface area contributed by atoms with Gasteiger partial charge in [-0.25, -0.2) is 0 Å². The van der Waals surface area contributed by atoms with E-state index in [9.17, 15) is 10.2 Å². The Labute approximate surface area is 88.4 Å². The molecule has 0 heterocycles. The highest BCUT2D eigenvalue weighted by Gasteiger charge is 2.18. The van der Waals surface area contributed by atoms with Crippen molar-refractivity contribution >= 4 is 0 Å². The average molecular weight is 212 g/mol. The number of rotatable bonds is 4. The van der Waals surface area contributed by atoms with Crippen LogP contribution in [0.4, 0.5) is 0 Å². The standard InChI is InChI=1S/C11H16O4/c1-7-4-8(5-12)2-3-9(7)11(15)10(14)6-13/h2-4,10-15H,5-6H2,1H3. The third-order valence-electron chi connectivity index (χ3n) is 2.39. The normalized spacial score (nSPS) is 15.0. The van der Waals surface area contributed by atoms with Gasteiger partial charge in [-0.1, -0.05) is 18.2 Å². The maximum absolute atomic E-state index is 9.66. The van der Waals surface area contributed by atoms with Gasteiger partial charge in [0.15, 0.2) is 0 Å². The van der Waals surface area contributed by atoms with E-state index >= 15 is 0 Å². The van der Waals surface area contributed by atoms with E-state index in [4.69, 9.17) is 10.2 Å². The third kappa shape index (κ3) is 2.76. The minimum atomic E-state index is -1.18. The molecule has 0 bridgehead atoms. The highest BCUT2D eigenvalue weighted by molar-refractivity contribution is 5.32. The third-order valence-corrected chi connectivity index (χ3v) is 2.39. The highest BCUT2D eigenvalue weighted by Crippen LogP contribution is 2.21. The van der Waals surface area contributed by atoms with Crippen LogP contribution in [0, 0.1) is 6.92 Å². The molecular weight excluding hydrogens is 196 g/mol. The Morgan fingerprint density at radius 3 is 2.33 bits per heavy atom. The topological polar surface area (TPSA) is 80.9 Å². The molecule has 0 radical (unpaired) electrons. The van der Waals surface area contributed by atoms with Gasteiger partial charge in [0.2, 0.25) is 0 Å². The number of hydrogen-bond acceptors (Lipinski definition) is 4. The van der Waals surface area contributed by atoms with E-state index in [-0.39, 0.29) is 6.61 Å². The molecule has 4 nitrogen and oxygen atoms in total. The van der Waals surface area contributed by atoms with Crippen molar-refractivity contribution in [3.63, 3.8) is 0 Å². The number of hydrogen-bond donors (Lipinski definition) is 4. The Bertz CT molecular complexity index is 324. The van der Waals surface area contributed by atoms with E-state index in [0.717, 1.165) is 11.1 Å². The first-order valence-electron chi connectivity index (χ1n) is 4.77. The summed E-state index contributed by atoms with van der Waals surface area (Å²) in [6.07, 6.45) is -2.27. The fourth-order valence-corrected chi connectivity index (χ4v) is 1.48. The Morgan fingerprint density at radius 1 is 1.20 bits per heavy atom. The van der Waals surface area contributed by atoms with Crippen molar-refractivity contribution in [1.29, 1.82) is 0 Å². The molecule has 0 spiro atoms. The fraction of sp³-hybridized carbons (Fsp3) is 0.455. The summed E-state index contributed by atoms with van der Waals surface area (Å²) in [6.45, 7) is 1.24. The molecule has 0 saturated heterocycles. The van der Waals surface area contributed by atoms with Gasteiger partial charge in [0, 0.05) is 0 Å². The van der Waals surface area contributed by atoms with E-state index in [2.05, 4.69) is 0 Å². The zero-order chi connectivity index (χ0) is 11.4. The maximum atomic E-state index is 9.66. The maximum Gasteiger partial charge on any atom is 0.107 e. The molecule has 0 saturated carbocycles. The molecule has 0 aliphatic heterocycles. The molecule has 0 fully saturated rings. The minimum absolute atomic E-state index is 0.0558. The van der Waals surface area contributed by atoms with Crippen LogP contribution in [0.15, 0.2) is 18.2 Å². The first-order valence-corrected chi connectivity index (χ1v) is 4.77. The summed E-state index contributed by atoms with van der Waals surface area (Å²) in [5.41, 5.74) is 2.09. The number of aliphatic hydroxyl groups is 4. The van der Waals surface area contributed by atoms with Crippen molar-refractivity contribution in [2.45, 2.75) is 25.7 Å². The van der Waals surface area contributed by atoms with Crippen LogP contribution in [0.5, 0.6) is 0 Å². The molecule has 0 amide bonds. The first-order chi connectivity index (χ1) is 7.10. The van der Waals surface area contributed by atoms with Gasteiger partial charge in [0.1, 0.15) is 12.2 Å². The van der Waals surface area contributed by atoms with Crippen molar-refractivity contribution in [2.24, 2.45) is 0 Å². The Hall–Kier alpha value is -0.940. The smallest absolute Gasteiger partial charge is 0.107 e. The lowest BCUT2D eigenvalue weighted by atomic mass is 9.98. The van der Waals surface area contributed by atoms with Gasteiger partial charge in [-0.3, -0.25) is 0 Å². The Kier molecular flexibility index (Phi) is 4.23. The summed E-state index contributed by atoms with van der Waals surface area (Å²) >= 11 is 0. The highest BCUT2D eigenvalue weighted by atomic mass is 16.4. The fourth-order valence-electron chi connectivity index (χ4n) is 1.48. The molecule has 0 aliphatic carbocycles. The largest absolute Gasteiger partial charge is 0.394 e. The summed E-state index contributed by atoms with van der Waals surface area (Å²) in [7, 11) is 0. The summed E-state index contributed by atoms with van der Waals surface area (Å²) in [5, 5.41) is 36.5. The zero-order valence-electron chi connectivity index (χ0n) is 8.59. The van der Waals surface area contributed by atoms with Gasteiger partial charge in [-0.2, -0.15) is 0 Å². The predicted molar refractivity (Wildman–Crippen MR) is 55.2 cm³/mol.